The van der Waals surface area contributed by atoms with Crippen molar-refractivity contribution in [2.45, 2.75) is 11.5 Å². The van der Waals surface area contributed by atoms with Crippen LogP contribution in [0, 0.1) is 0 Å². The van der Waals surface area contributed by atoms with Crippen LogP contribution in [0.15, 0.2) is 83.8 Å². The number of hydrogen-bond donors (Lipinski definition) is 1. The molecular weight excluding hydrogens is 358 g/mol. The van der Waals surface area contributed by atoms with Gasteiger partial charge in [-0.25, -0.2) is 4.79 Å². The first kappa shape index (κ1) is 18.7. The Hall–Kier alpha value is -3.05. The summed E-state index contributed by atoms with van der Waals surface area (Å²) in [6, 6.07) is 25.0. The van der Waals surface area contributed by atoms with Gasteiger partial charge in [0.05, 0.1) is 11.3 Å². The highest BCUT2D eigenvalue weighted by molar-refractivity contribution is 8.00. The molecule has 4 nitrogen and oxygen atoms in total. The zero-order valence-corrected chi connectivity index (χ0v) is 15.4. The van der Waals surface area contributed by atoms with E-state index in [9.17, 15) is 9.59 Å². The molecule has 1 amide bonds. The second-order valence-electron chi connectivity index (χ2n) is 5.89. The Morgan fingerprint density at radius 2 is 1.44 bits per heavy atom. The van der Waals surface area contributed by atoms with Gasteiger partial charge in [-0.1, -0.05) is 66.7 Å². The van der Waals surface area contributed by atoms with Crippen LogP contribution in [0.5, 0.6) is 0 Å². The molecule has 0 atom stereocenters. The van der Waals surface area contributed by atoms with Gasteiger partial charge in [0, 0.05) is 4.90 Å². The van der Waals surface area contributed by atoms with Crippen molar-refractivity contribution >= 4 is 23.6 Å². The number of thioether (sulfide) groups is 1. The monoisotopic (exact) mass is 377 g/mol. The van der Waals surface area contributed by atoms with Crippen LogP contribution < -0.4 is 5.73 Å². The lowest BCUT2D eigenvalue weighted by Crippen LogP contribution is -2.13. The quantitative estimate of drug-likeness (QED) is 0.493. The summed E-state index contributed by atoms with van der Waals surface area (Å²) >= 11 is 1.23. The molecule has 0 aliphatic rings. The molecule has 0 bridgehead atoms. The topological polar surface area (TPSA) is 69.4 Å². The van der Waals surface area contributed by atoms with Crippen molar-refractivity contribution in [1.82, 2.24) is 0 Å². The van der Waals surface area contributed by atoms with Crippen molar-refractivity contribution in [2.24, 2.45) is 5.73 Å². The van der Waals surface area contributed by atoms with Crippen LogP contribution in [-0.4, -0.2) is 17.6 Å². The maximum absolute atomic E-state index is 12.4. The van der Waals surface area contributed by atoms with Crippen LogP contribution in [0.25, 0.3) is 11.1 Å². The molecule has 5 heteroatoms. The van der Waals surface area contributed by atoms with Crippen molar-refractivity contribution in [3.63, 3.8) is 0 Å². The molecule has 0 aliphatic heterocycles. The minimum atomic E-state index is -0.429. The van der Waals surface area contributed by atoms with Gasteiger partial charge in [-0.05, 0) is 28.8 Å². The first-order chi connectivity index (χ1) is 13.1. The minimum Gasteiger partial charge on any atom is -0.457 e. The zero-order chi connectivity index (χ0) is 19.1. The van der Waals surface area contributed by atoms with Gasteiger partial charge in [-0.2, -0.15) is 0 Å². The molecule has 0 spiro atoms. The Balaban J connectivity index is 1.63. The van der Waals surface area contributed by atoms with Gasteiger partial charge in [0.2, 0.25) is 5.91 Å². The molecular formula is C22H19NO3S. The lowest BCUT2D eigenvalue weighted by atomic mass is 10.0. The van der Waals surface area contributed by atoms with Crippen molar-refractivity contribution < 1.29 is 14.3 Å². The predicted molar refractivity (Wildman–Crippen MR) is 107 cm³/mol. The molecule has 0 saturated carbocycles. The van der Waals surface area contributed by atoms with Crippen molar-refractivity contribution in [3.05, 3.63) is 90.0 Å². The Morgan fingerprint density at radius 3 is 2.15 bits per heavy atom. The Morgan fingerprint density at radius 1 is 0.815 bits per heavy atom. The molecule has 2 N–H and O–H groups in total. The summed E-state index contributed by atoms with van der Waals surface area (Å²) in [6.07, 6.45) is 0. The van der Waals surface area contributed by atoms with Crippen LogP contribution >= 0.6 is 11.8 Å². The maximum Gasteiger partial charge on any atom is 0.339 e. The Labute approximate surface area is 162 Å². The third-order valence-corrected chi connectivity index (χ3v) is 5.00. The summed E-state index contributed by atoms with van der Waals surface area (Å²) in [5.41, 5.74) is 8.77. The van der Waals surface area contributed by atoms with Gasteiger partial charge in [-0.15, -0.1) is 11.8 Å². The third kappa shape index (κ3) is 5.21. The molecule has 3 aromatic rings. The molecule has 0 unspecified atom stereocenters. The number of amides is 1. The largest absolute Gasteiger partial charge is 0.457 e. The minimum absolute atomic E-state index is 0.116. The number of hydrogen-bond acceptors (Lipinski definition) is 4. The smallest absolute Gasteiger partial charge is 0.339 e. The summed E-state index contributed by atoms with van der Waals surface area (Å²) in [4.78, 5) is 24.1. The Bertz CT molecular complexity index is 924. The zero-order valence-electron chi connectivity index (χ0n) is 14.6. The highest BCUT2D eigenvalue weighted by atomic mass is 32.2. The van der Waals surface area contributed by atoms with E-state index in [1.165, 1.54) is 11.8 Å². The van der Waals surface area contributed by atoms with E-state index in [-0.39, 0.29) is 12.4 Å². The SMILES string of the molecule is NC(=O)CSc1ccccc1C(=O)OCc1ccc(-c2ccccc2)cc1. The van der Waals surface area contributed by atoms with Crippen LogP contribution in [0.3, 0.4) is 0 Å². The van der Waals surface area contributed by atoms with Gasteiger partial charge in [0.15, 0.2) is 0 Å². The van der Waals surface area contributed by atoms with Gasteiger partial charge in [0.1, 0.15) is 6.61 Å². The van der Waals surface area contributed by atoms with E-state index in [0.717, 1.165) is 16.7 Å². The van der Waals surface area contributed by atoms with Gasteiger partial charge >= 0.3 is 5.97 Å². The number of nitrogens with two attached hydrogens (primary N) is 1. The molecule has 0 aromatic heterocycles. The molecule has 0 saturated heterocycles. The first-order valence-corrected chi connectivity index (χ1v) is 9.43. The molecule has 0 fully saturated rings. The fraction of sp³-hybridized carbons (Fsp3) is 0.0909. The summed E-state index contributed by atoms with van der Waals surface area (Å²) in [5.74, 6) is -0.734. The van der Waals surface area contributed by atoms with Crippen LogP contribution in [0.4, 0.5) is 0 Å². The van der Waals surface area contributed by atoms with E-state index >= 15 is 0 Å². The van der Waals surface area contributed by atoms with E-state index < -0.39 is 11.9 Å². The van der Waals surface area contributed by atoms with Crippen LogP contribution in [0.1, 0.15) is 15.9 Å². The second kappa shape index (κ2) is 9.05. The molecule has 27 heavy (non-hydrogen) atoms. The predicted octanol–water partition coefficient (Wildman–Crippen LogP) is 4.29. The van der Waals surface area contributed by atoms with Crippen molar-refractivity contribution in [2.75, 3.05) is 5.75 Å². The number of benzene rings is 3. The van der Waals surface area contributed by atoms with Gasteiger partial charge in [-0.3, -0.25) is 4.79 Å². The van der Waals surface area contributed by atoms with Gasteiger partial charge in [0.25, 0.3) is 0 Å². The number of primary amides is 1. The second-order valence-corrected chi connectivity index (χ2v) is 6.91. The molecule has 0 heterocycles. The maximum atomic E-state index is 12.4. The standard InChI is InChI=1S/C22H19NO3S/c23-21(24)15-27-20-9-5-4-8-19(20)22(25)26-14-16-10-12-18(13-11-16)17-6-2-1-3-7-17/h1-13H,14-15H2,(H2,23,24). The van der Waals surface area contributed by atoms with Crippen LogP contribution in [0.2, 0.25) is 0 Å². The highest BCUT2D eigenvalue weighted by Gasteiger charge is 2.13. The first-order valence-electron chi connectivity index (χ1n) is 8.45. The molecule has 0 radical (unpaired) electrons. The van der Waals surface area contributed by atoms with Gasteiger partial charge < -0.3 is 10.5 Å². The average molecular weight is 377 g/mol. The number of ether oxygens (including phenoxy) is 1. The number of rotatable bonds is 7. The summed E-state index contributed by atoms with van der Waals surface area (Å²) in [6.45, 7) is 0.183. The van der Waals surface area contributed by atoms with Crippen molar-refractivity contribution in [3.8, 4) is 11.1 Å². The van der Waals surface area contributed by atoms with E-state index in [0.29, 0.717) is 10.5 Å². The van der Waals surface area contributed by atoms with Crippen LogP contribution in [-0.2, 0) is 16.1 Å². The highest BCUT2D eigenvalue weighted by Crippen LogP contribution is 2.24. The van der Waals surface area contributed by atoms with E-state index in [1.54, 1.807) is 18.2 Å². The van der Waals surface area contributed by atoms with E-state index in [4.69, 9.17) is 10.5 Å². The molecule has 3 rings (SSSR count). The number of carbonyl (C=O) groups is 2. The molecule has 3 aromatic carbocycles. The fourth-order valence-electron chi connectivity index (χ4n) is 2.56. The lowest BCUT2D eigenvalue weighted by Gasteiger charge is -2.09. The Kier molecular flexibility index (Phi) is 6.28. The normalized spacial score (nSPS) is 10.4. The summed E-state index contributed by atoms with van der Waals surface area (Å²) in [7, 11) is 0. The summed E-state index contributed by atoms with van der Waals surface area (Å²) < 4.78 is 5.44. The fourth-order valence-corrected chi connectivity index (χ4v) is 3.34. The number of esters is 1. The third-order valence-electron chi connectivity index (χ3n) is 3.91. The molecule has 136 valence electrons. The average Bonchev–Trinajstić information content (AvgIpc) is 2.71. The lowest BCUT2D eigenvalue weighted by molar-refractivity contribution is -0.115. The molecule has 0 aliphatic carbocycles. The number of carbonyl (C=O) groups excluding carboxylic acids is 2. The summed E-state index contributed by atoms with van der Waals surface area (Å²) in [5, 5.41) is 0. The van der Waals surface area contributed by atoms with E-state index in [2.05, 4.69) is 12.1 Å². The van der Waals surface area contributed by atoms with E-state index in [1.807, 2.05) is 48.5 Å². The van der Waals surface area contributed by atoms with Crippen molar-refractivity contribution in [1.29, 1.82) is 0 Å².